The van der Waals surface area contributed by atoms with Crippen LogP contribution in [0.15, 0.2) is 15.4 Å². The van der Waals surface area contributed by atoms with E-state index in [1.807, 2.05) is 0 Å². The molecule has 1 fully saturated rings. The number of furan rings is 1. The fourth-order valence-corrected chi connectivity index (χ4v) is 4.23. The third kappa shape index (κ3) is 3.84. The van der Waals surface area contributed by atoms with Gasteiger partial charge in [0.25, 0.3) is 0 Å². The van der Waals surface area contributed by atoms with E-state index < -0.39 is 10.0 Å². The Labute approximate surface area is 120 Å². The Morgan fingerprint density at radius 1 is 1.25 bits per heavy atom. The first-order valence-corrected chi connectivity index (χ1v) is 8.74. The van der Waals surface area contributed by atoms with Gasteiger partial charge >= 0.3 is 0 Å². The van der Waals surface area contributed by atoms with Crippen LogP contribution < -0.4 is 4.72 Å². The van der Waals surface area contributed by atoms with E-state index in [2.05, 4.69) is 4.72 Å². The monoisotopic (exact) mass is 301 g/mol. The number of hydrogen-bond acceptors (Lipinski definition) is 4. The lowest BCUT2D eigenvalue weighted by atomic mass is 9.97. The number of nitrogens with one attached hydrogen (secondary N) is 1. The Kier molecular flexibility index (Phi) is 5.23. The van der Waals surface area contributed by atoms with Gasteiger partial charge in [-0.3, -0.25) is 0 Å². The zero-order valence-electron chi connectivity index (χ0n) is 11.9. The summed E-state index contributed by atoms with van der Waals surface area (Å²) in [6.45, 7) is 1.31. The molecule has 5 nitrogen and oxygen atoms in total. The summed E-state index contributed by atoms with van der Waals surface area (Å²) in [5, 5.41) is 9.02. The first-order valence-electron chi connectivity index (χ1n) is 7.25. The first kappa shape index (κ1) is 15.5. The molecule has 0 unspecified atom stereocenters. The average Bonchev–Trinajstić information content (AvgIpc) is 2.75. The van der Waals surface area contributed by atoms with Crippen LogP contribution in [0.2, 0.25) is 0 Å². The normalized spacial score (nSPS) is 18.7. The minimum Gasteiger partial charge on any atom is -0.462 e. The van der Waals surface area contributed by atoms with Gasteiger partial charge in [-0.25, -0.2) is 13.1 Å². The molecule has 1 aliphatic rings. The van der Waals surface area contributed by atoms with E-state index in [9.17, 15) is 8.42 Å². The summed E-state index contributed by atoms with van der Waals surface area (Å²) in [6.07, 6.45) is 7.53. The van der Waals surface area contributed by atoms with Gasteiger partial charge < -0.3 is 9.52 Å². The summed E-state index contributed by atoms with van der Waals surface area (Å²) in [6, 6.07) is 1.41. The summed E-state index contributed by atoms with van der Waals surface area (Å²) >= 11 is 0. The lowest BCUT2D eigenvalue weighted by Gasteiger charge is -2.20. The summed E-state index contributed by atoms with van der Waals surface area (Å²) in [4.78, 5) is 0.142. The van der Waals surface area contributed by atoms with Crippen molar-refractivity contribution in [2.24, 2.45) is 0 Å². The molecule has 1 aliphatic carbocycles. The van der Waals surface area contributed by atoms with Crippen molar-refractivity contribution < 1.29 is 17.9 Å². The zero-order valence-corrected chi connectivity index (χ0v) is 12.7. The van der Waals surface area contributed by atoms with Gasteiger partial charge in [0.15, 0.2) is 0 Å². The predicted molar refractivity (Wildman–Crippen MR) is 75.8 cm³/mol. The molecule has 0 aliphatic heterocycles. The SMILES string of the molecule is Cc1oc(CO)cc1S(=O)(=O)NC1CCCCCCC1. The van der Waals surface area contributed by atoms with Crippen molar-refractivity contribution >= 4 is 10.0 Å². The number of aryl methyl sites for hydroxylation is 1. The van der Waals surface area contributed by atoms with Gasteiger partial charge in [-0.15, -0.1) is 0 Å². The van der Waals surface area contributed by atoms with E-state index in [0.717, 1.165) is 25.7 Å². The van der Waals surface area contributed by atoms with E-state index in [4.69, 9.17) is 9.52 Å². The Hall–Kier alpha value is -0.850. The molecule has 0 spiro atoms. The van der Waals surface area contributed by atoms with Gasteiger partial charge in [0.2, 0.25) is 10.0 Å². The van der Waals surface area contributed by atoms with Crippen molar-refractivity contribution in [3.8, 4) is 0 Å². The van der Waals surface area contributed by atoms with Crippen LogP contribution in [0.3, 0.4) is 0 Å². The Balaban J connectivity index is 2.10. The molecule has 0 bridgehead atoms. The van der Waals surface area contributed by atoms with Crippen LogP contribution >= 0.6 is 0 Å². The zero-order chi connectivity index (χ0) is 14.6. The molecule has 1 aromatic rings. The molecular formula is C14H23NO4S. The maximum absolute atomic E-state index is 12.4. The van der Waals surface area contributed by atoms with Crippen LogP contribution in [0.1, 0.15) is 56.5 Å². The van der Waals surface area contributed by atoms with E-state index in [-0.39, 0.29) is 23.3 Å². The molecule has 0 aromatic carbocycles. The third-order valence-electron chi connectivity index (χ3n) is 3.80. The summed E-state index contributed by atoms with van der Waals surface area (Å²) < 4.78 is 32.8. The topological polar surface area (TPSA) is 79.5 Å². The molecule has 1 heterocycles. The van der Waals surface area contributed by atoms with Crippen molar-refractivity contribution in [3.63, 3.8) is 0 Å². The van der Waals surface area contributed by atoms with E-state index in [0.29, 0.717) is 5.76 Å². The molecule has 2 N–H and O–H groups in total. The third-order valence-corrected chi connectivity index (χ3v) is 5.42. The van der Waals surface area contributed by atoms with Crippen molar-refractivity contribution in [3.05, 3.63) is 17.6 Å². The summed E-state index contributed by atoms with van der Waals surface area (Å²) in [7, 11) is -3.56. The molecule has 1 aromatic heterocycles. The minimum atomic E-state index is -3.56. The van der Waals surface area contributed by atoms with Crippen molar-refractivity contribution in [1.82, 2.24) is 4.72 Å². The number of aliphatic hydroxyl groups excluding tert-OH is 1. The van der Waals surface area contributed by atoms with Gasteiger partial charge in [-0.2, -0.15) is 0 Å². The van der Waals surface area contributed by atoms with Crippen LogP contribution in [-0.2, 0) is 16.6 Å². The van der Waals surface area contributed by atoms with E-state index >= 15 is 0 Å². The van der Waals surface area contributed by atoms with E-state index in [1.54, 1.807) is 6.92 Å². The highest BCUT2D eigenvalue weighted by Gasteiger charge is 2.25. The van der Waals surface area contributed by atoms with Gasteiger partial charge in [0.1, 0.15) is 23.0 Å². The molecule has 0 amide bonds. The lowest BCUT2D eigenvalue weighted by Crippen LogP contribution is -2.35. The Morgan fingerprint density at radius 3 is 2.40 bits per heavy atom. The van der Waals surface area contributed by atoms with Gasteiger partial charge in [0, 0.05) is 12.1 Å². The van der Waals surface area contributed by atoms with Crippen LogP contribution in [0, 0.1) is 6.92 Å². The highest BCUT2D eigenvalue weighted by molar-refractivity contribution is 7.89. The standard InChI is InChI=1S/C14H23NO4S/c1-11-14(9-13(10-16)19-11)20(17,18)15-12-7-5-3-2-4-6-8-12/h9,12,15-16H,2-8,10H2,1H3. The predicted octanol–water partition coefficient (Wildman–Crippen LogP) is 2.47. The van der Waals surface area contributed by atoms with Crippen LogP contribution in [0.5, 0.6) is 0 Å². The largest absolute Gasteiger partial charge is 0.462 e. The molecule has 2 rings (SSSR count). The first-order chi connectivity index (χ1) is 9.53. The van der Waals surface area contributed by atoms with Crippen LogP contribution in [-0.4, -0.2) is 19.6 Å². The Morgan fingerprint density at radius 2 is 1.85 bits per heavy atom. The number of rotatable bonds is 4. The molecule has 0 saturated heterocycles. The van der Waals surface area contributed by atoms with Crippen molar-refractivity contribution in [2.75, 3.05) is 0 Å². The maximum atomic E-state index is 12.4. The minimum absolute atomic E-state index is 0.00664. The highest BCUT2D eigenvalue weighted by Crippen LogP contribution is 2.23. The van der Waals surface area contributed by atoms with Gasteiger partial charge in [0.05, 0.1) is 0 Å². The quantitative estimate of drug-likeness (QED) is 0.895. The number of sulfonamides is 1. The Bertz CT molecular complexity index is 527. The fourth-order valence-electron chi connectivity index (χ4n) is 2.73. The molecule has 20 heavy (non-hydrogen) atoms. The average molecular weight is 301 g/mol. The van der Waals surface area contributed by atoms with Crippen LogP contribution in [0.4, 0.5) is 0 Å². The second-order valence-corrected chi connectivity index (χ2v) is 7.14. The fraction of sp³-hybridized carbons (Fsp3) is 0.714. The van der Waals surface area contributed by atoms with Crippen molar-refractivity contribution in [1.29, 1.82) is 0 Å². The molecule has 1 saturated carbocycles. The molecular weight excluding hydrogens is 278 g/mol. The highest BCUT2D eigenvalue weighted by atomic mass is 32.2. The second kappa shape index (κ2) is 6.74. The number of aliphatic hydroxyl groups is 1. The van der Waals surface area contributed by atoms with Crippen molar-refractivity contribution in [2.45, 2.75) is 69.4 Å². The van der Waals surface area contributed by atoms with Gasteiger partial charge in [-0.05, 0) is 19.8 Å². The van der Waals surface area contributed by atoms with Crippen LogP contribution in [0.25, 0.3) is 0 Å². The molecule has 0 radical (unpaired) electrons. The molecule has 6 heteroatoms. The summed E-state index contributed by atoms with van der Waals surface area (Å²) in [5.74, 6) is 0.605. The second-order valence-electron chi connectivity index (χ2n) is 5.45. The lowest BCUT2D eigenvalue weighted by molar-refractivity contribution is 0.244. The smallest absolute Gasteiger partial charge is 0.244 e. The van der Waals surface area contributed by atoms with Gasteiger partial charge in [-0.1, -0.05) is 32.1 Å². The summed E-state index contributed by atoms with van der Waals surface area (Å²) in [5.41, 5.74) is 0. The molecule has 0 atom stereocenters. The maximum Gasteiger partial charge on any atom is 0.244 e. The van der Waals surface area contributed by atoms with E-state index in [1.165, 1.54) is 25.3 Å². The molecule has 114 valence electrons. The number of hydrogen-bond donors (Lipinski definition) is 2.